The third-order valence-electron chi connectivity index (χ3n) is 4.78. The molecule has 0 unspecified atom stereocenters. The third-order valence-corrected chi connectivity index (χ3v) is 4.78. The zero-order valence-corrected chi connectivity index (χ0v) is 19.0. The molecule has 0 aliphatic heterocycles. The number of hydrogen-bond donors (Lipinski definition) is 1. The van der Waals surface area contributed by atoms with E-state index < -0.39 is 4.92 Å². The molecule has 0 atom stereocenters. The van der Waals surface area contributed by atoms with Gasteiger partial charge in [0.25, 0.3) is 5.89 Å². The van der Waals surface area contributed by atoms with Crippen LogP contribution in [0.5, 0.6) is 11.5 Å². The van der Waals surface area contributed by atoms with Gasteiger partial charge in [0.05, 0.1) is 18.1 Å². The first-order valence-corrected chi connectivity index (χ1v) is 10.8. The van der Waals surface area contributed by atoms with Gasteiger partial charge in [0.15, 0.2) is 11.5 Å². The first kappa shape index (κ1) is 23.4. The van der Waals surface area contributed by atoms with Gasteiger partial charge in [0.2, 0.25) is 11.7 Å². The van der Waals surface area contributed by atoms with Crippen LogP contribution in [0.3, 0.4) is 0 Å². The van der Waals surface area contributed by atoms with Gasteiger partial charge in [0.1, 0.15) is 18.9 Å². The van der Waals surface area contributed by atoms with Crippen LogP contribution in [0, 0.1) is 10.1 Å². The zero-order valence-electron chi connectivity index (χ0n) is 19.0. The fourth-order valence-electron chi connectivity index (χ4n) is 3.23. The monoisotopic (exact) mass is 478 g/mol. The van der Waals surface area contributed by atoms with Gasteiger partial charge < -0.3 is 19.3 Å². The summed E-state index contributed by atoms with van der Waals surface area (Å²) in [5.74, 6) is 1.57. The van der Waals surface area contributed by atoms with E-state index in [1.807, 2.05) is 19.9 Å². The molecule has 0 fully saturated rings. The third kappa shape index (κ3) is 5.61. The van der Waals surface area contributed by atoms with Crippen LogP contribution in [0.2, 0.25) is 0 Å². The summed E-state index contributed by atoms with van der Waals surface area (Å²) in [6.45, 7) is 4.65. The molecule has 0 saturated carbocycles. The Balaban J connectivity index is 1.43. The van der Waals surface area contributed by atoms with Crippen molar-refractivity contribution < 1.29 is 23.7 Å². The van der Waals surface area contributed by atoms with Gasteiger partial charge in [0, 0.05) is 16.8 Å². The van der Waals surface area contributed by atoms with Gasteiger partial charge in [-0.15, -0.1) is 0 Å². The minimum Gasteiger partial charge on any atom is -0.490 e. The molecule has 2 aromatic carbocycles. The number of rotatable bonds is 10. The predicted octanol–water partition coefficient (Wildman–Crippen LogP) is 3.94. The van der Waals surface area contributed by atoms with Crippen LogP contribution in [-0.2, 0) is 11.3 Å². The molecule has 0 saturated heterocycles. The van der Waals surface area contributed by atoms with E-state index in [-0.39, 0.29) is 18.1 Å². The first-order valence-electron chi connectivity index (χ1n) is 10.8. The van der Waals surface area contributed by atoms with E-state index in [9.17, 15) is 14.9 Å². The molecule has 180 valence electrons. The van der Waals surface area contributed by atoms with Crippen molar-refractivity contribution in [2.75, 3.05) is 18.5 Å². The molecule has 12 nitrogen and oxygen atoms in total. The molecule has 1 N–H and O–H groups in total. The fraction of sp³-hybridized carbons (Fsp3) is 0.217. The normalized spacial score (nSPS) is 10.7. The maximum Gasteiger partial charge on any atom is 0.307 e. The van der Waals surface area contributed by atoms with E-state index in [1.54, 1.807) is 36.4 Å². The number of hydrogen-bond acceptors (Lipinski definition) is 9. The molecule has 4 aromatic rings. The number of nitrogens with one attached hydrogen (secondary N) is 1. The van der Waals surface area contributed by atoms with Gasteiger partial charge >= 0.3 is 5.69 Å². The minimum atomic E-state index is -0.572. The summed E-state index contributed by atoms with van der Waals surface area (Å²) in [5.41, 5.74) is 1.74. The lowest BCUT2D eigenvalue weighted by atomic mass is 10.2. The Morgan fingerprint density at radius 1 is 1.09 bits per heavy atom. The number of nitro groups is 1. The summed E-state index contributed by atoms with van der Waals surface area (Å²) in [4.78, 5) is 26.8. The summed E-state index contributed by atoms with van der Waals surface area (Å²) in [6.07, 6.45) is 2.28. The summed E-state index contributed by atoms with van der Waals surface area (Å²) < 4.78 is 17.9. The van der Waals surface area contributed by atoms with E-state index >= 15 is 0 Å². The highest BCUT2D eigenvalue weighted by Crippen LogP contribution is 2.33. The maximum atomic E-state index is 12.2. The highest BCUT2D eigenvalue weighted by atomic mass is 16.6. The molecular weight excluding hydrogens is 456 g/mol. The predicted molar refractivity (Wildman–Crippen MR) is 125 cm³/mol. The maximum absolute atomic E-state index is 12.2. The lowest BCUT2D eigenvalue weighted by molar-refractivity contribution is -0.385. The molecular formula is C23H22N6O6. The van der Waals surface area contributed by atoms with Crippen molar-refractivity contribution in [3.63, 3.8) is 0 Å². The van der Waals surface area contributed by atoms with Crippen molar-refractivity contribution in [3.8, 4) is 34.3 Å². The lowest BCUT2D eigenvalue weighted by Crippen LogP contribution is -2.18. The van der Waals surface area contributed by atoms with Gasteiger partial charge in [-0.05, 0) is 56.3 Å². The SMILES string of the molecule is CCOc1ccc(-c2nc(-c3ccc(NC(=O)Cn4cc([N+](=O)[O-])cn4)cc3)no2)cc1OCC. The second-order valence-electron chi connectivity index (χ2n) is 7.23. The van der Waals surface area contributed by atoms with Gasteiger partial charge in [-0.25, -0.2) is 0 Å². The highest BCUT2D eigenvalue weighted by molar-refractivity contribution is 5.90. The zero-order chi connectivity index (χ0) is 24.8. The molecule has 4 rings (SSSR count). The fourth-order valence-corrected chi connectivity index (χ4v) is 3.23. The average molecular weight is 478 g/mol. The molecule has 0 bridgehead atoms. The second kappa shape index (κ2) is 10.5. The number of nitrogens with zero attached hydrogens (tertiary/aromatic N) is 5. The van der Waals surface area contributed by atoms with Gasteiger partial charge in [-0.3, -0.25) is 19.6 Å². The Bertz CT molecular complexity index is 1330. The van der Waals surface area contributed by atoms with E-state index in [0.717, 1.165) is 6.20 Å². The van der Waals surface area contributed by atoms with Crippen LogP contribution in [0.1, 0.15) is 13.8 Å². The van der Waals surface area contributed by atoms with E-state index in [4.69, 9.17) is 14.0 Å². The molecule has 0 spiro atoms. The van der Waals surface area contributed by atoms with Crippen molar-refractivity contribution in [2.45, 2.75) is 20.4 Å². The smallest absolute Gasteiger partial charge is 0.307 e. The Morgan fingerprint density at radius 3 is 2.49 bits per heavy atom. The molecule has 0 radical (unpaired) electrons. The van der Waals surface area contributed by atoms with Crippen LogP contribution < -0.4 is 14.8 Å². The van der Waals surface area contributed by atoms with Crippen LogP contribution in [-0.4, -0.2) is 44.0 Å². The van der Waals surface area contributed by atoms with Crippen molar-refractivity contribution in [1.82, 2.24) is 19.9 Å². The summed E-state index contributed by atoms with van der Waals surface area (Å²) in [5, 5.41) is 21.3. The molecule has 2 aromatic heterocycles. The summed E-state index contributed by atoms with van der Waals surface area (Å²) >= 11 is 0. The first-order chi connectivity index (χ1) is 17.0. The Kier molecular flexibility index (Phi) is 7.00. The quantitative estimate of drug-likeness (QED) is 0.264. The number of carbonyl (C=O) groups excluding carboxylic acids is 1. The van der Waals surface area contributed by atoms with Gasteiger partial charge in [-0.1, -0.05) is 5.16 Å². The van der Waals surface area contributed by atoms with Crippen molar-refractivity contribution in [1.29, 1.82) is 0 Å². The van der Waals surface area contributed by atoms with E-state index in [1.165, 1.54) is 10.9 Å². The van der Waals surface area contributed by atoms with Crippen LogP contribution in [0.4, 0.5) is 11.4 Å². The number of anilines is 1. The summed E-state index contributed by atoms with van der Waals surface area (Å²) in [7, 11) is 0. The lowest BCUT2D eigenvalue weighted by Gasteiger charge is -2.11. The van der Waals surface area contributed by atoms with Crippen molar-refractivity contribution in [2.24, 2.45) is 0 Å². The number of benzene rings is 2. The van der Waals surface area contributed by atoms with E-state index in [0.29, 0.717) is 53.2 Å². The average Bonchev–Trinajstić information content (AvgIpc) is 3.51. The Hall–Kier alpha value is -4.74. The van der Waals surface area contributed by atoms with Crippen LogP contribution >= 0.6 is 0 Å². The molecule has 35 heavy (non-hydrogen) atoms. The molecule has 0 aliphatic rings. The minimum absolute atomic E-state index is 0.157. The number of carbonyl (C=O) groups is 1. The van der Waals surface area contributed by atoms with Crippen molar-refractivity contribution in [3.05, 3.63) is 65.0 Å². The van der Waals surface area contributed by atoms with Crippen LogP contribution in [0.15, 0.2) is 59.4 Å². The second-order valence-corrected chi connectivity index (χ2v) is 7.23. The standard InChI is InChI=1S/C23H22N6O6/c1-3-33-19-10-7-16(11-20(19)34-4-2)23-26-22(27-35-23)15-5-8-17(9-6-15)25-21(30)14-28-13-18(12-24-28)29(31)32/h5-13H,3-4,14H2,1-2H3,(H,25,30). The molecule has 1 amide bonds. The van der Waals surface area contributed by atoms with Gasteiger partial charge in [-0.2, -0.15) is 10.1 Å². The van der Waals surface area contributed by atoms with Crippen molar-refractivity contribution >= 4 is 17.3 Å². The molecule has 2 heterocycles. The summed E-state index contributed by atoms with van der Waals surface area (Å²) in [6, 6.07) is 12.3. The molecule has 0 aliphatic carbocycles. The number of aromatic nitrogens is 4. The number of amides is 1. The Labute approximate surface area is 199 Å². The largest absolute Gasteiger partial charge is 0.490 e. The topological polar surface area (TPSA) is 147 Å². The van der Waals surface area contributed by atoms with E-state index in [2.05, 4.69) is 20.6 Å². The van der Waals surface area contributed by atoms with Crippen LogP contribution in [0.25, 0.3) is 22.8 Å². The molecule has 12 heteroatoms. The Morgan fingerprint density at radius 2 is 1.80 bits per heavy atom. The number of ether oxygens (including phenoxy) is 2. The highest BCUT2D eigenvalue weighted by Gasteiger charge is 2.15.